The lowest BCUT2D eigenvalue weighted by Crippen LogP contribution is -2.18. The summed E-state index contributed by atoms with van der Waals surface area (Å²) < 4.78 is 7.46. The van der Waals surface area contributed by atoms with Gasteiger partial charge in [-0.15, -0.1) is 5.10 Å². The molecule has 0 radical (unpaired) electrons. The van der Waals surface area contributed by atoms with Crippen LogP contribution in [-0.2, 0) is 11.3 Å². The first-order valence-electron chi connectivity index (χ1n) is 6.55. The molecule has 6 nitrogen and oxygen atoms in total. The maximum Gasteiger partial charge on any atom is 0.199 e. The SMILES string of the molecule is NCc1ccc(-c2ncn(C3CCCCO3)n2)nc1. The Hall–Kier alpha value is -1.79. The molecule has 0 amide bonds. The molecule has 1 aliphatic rings. The number of hydrogen-bond acceptors (Lipinski definition) is 5. The van der Waals surface area contributed by atoms with Crippen LogP contribution >= 0.6 is 0 Å². The van der Waals surface area contributed by atoms with Gasteiger partial charge in [0, 0.05) is 19.3 Å². The van der Waals surface area contributed by atoms with E-state index in [4.69, 9.17) is 10.5 Å². The molecule has 2 N–H and O–H groups in total. The fourth-order valence-corrected chi connectivity index (χ4v) is 2.14. The summed E-state index contributed by atoms with van der Waals surface area (Å²) in [7, 11) is 0. The quantitative estimate of drug-likeness (QED) is 0.903. The van der Waals surface area contributed by atoms with Gasteiger partial charge in [-0.25, -0.2) is 9.67 Å². The molecule has 3 heterocycles. The van der Waals surface area contributed by atoms with E-state index in [1.54, 1.807) is 17.2 Å². The molecule has 0 aromatic carbocycles. The summed E-state index contributed by atoms with van der Waals surface area (Å²) in [6, 6.07) is 3.84. The minimum absolute atomic E-state index is 0.0123. The van der Waals surface area contributed by atoms with Crippen molar-refractivity contribution in [3.05, 3.63) is 30.2 Å². The van der Waals surface area contributed by atoms with Crippen molar-refractivity contribution in [2.24, 2.45) is 5.73 Å². The smallest absolute Gasteiger partial charge is 0.199 e. The van der Waals surface area contributed by atoms with Gasteiger partial charge in [-0.1, -0.05) is 6.07 Å². The predicted octanol–water partition coefficient (Wildman–Crippen LogP) is 1.50. The van der Waals surface area contributed by atoms with E-state index in [1.807, 2.05) is 12.1 Å². The van der Waals surface area contributed by atoms with Crippen molar-refractivity contribution in [1.29, 1.82) is 0 Å². The largest absolute Gasteiger partial charge is 0.356 e. The monoisotopic (exact) mass is 259 g/mol. The van der Waals surface area contributed by atoms with Crippen molar-refractivity contribution in [3.63, 3.8) is 0 Å². The third kappa shape index (κ3) is 2.64. The maximum atomic E-state index is 5.67. The summed E-state index contributed by atoms with van der Waals surface area (Å²) in [5, 5.41) is 4.45. The average Bonchev–Trinajstić information content (AvgIpc) is 2.98. The topological polar surface area (TPSA) is 78.8 Å². The van der Waals surface area contributed by atoms with Crippen molar-refractivity contribution >= 4 is 0 Å². The number of ether oxygens (including phenoxy) is 1. The molecule has 1 atom stereocenters. The van der Waals surface area contributed by atoms with E-state index < -0.39 is 0 Å². The van der Waals surface area contributed by atoms with Gasteiger partial charge >= 0.3 is 0 Å². The first-order valence-corrected chi connectivity index (χ1v) is 6.55. The third-order valence-corrected chi connectivity index (χ3v) is 3.25. The van der Waals surface area contributed by atoms with Crippen LogP contribution in [0.4, 0.5) is 0 Å². The average molecular weight is 259 g/mol. The first-order chi connectivity index (χ1) is 9.36. The number of nitrogens with zero attached hydrogens (tertiary/aromatic N) is 4. The normalized spacial score (nSPS) is 19.5. The second-order valence-electron chi connectivity index (χ2n) is 4.63. The molecule has 1 saturated heterocycles. The van der Waals surface area contributed by atoms with Crippen LogP contribution in [0.2, 0.25) is 0 Å². The molecule has 0 saturated carbocycles. The molecule has 1 aliphatic heterocycles. The van der Waals surface area contributed by atoms with Crippen LogP contribution in [0.15, 0.2) is 24.7 Å². The first kappa shape index (κ1) is 12.3. The van der Waals surface area contributed by atoms with E-state index in [0.717, 1.165) is 30.7 Å². The fraction of sp³-hybridized carbons (Fsp3) is 0.462. The molecule has 6 heteroatoms. The minimum Gasteiger partial charge on any atom is -0.356 e. The van der Waals surface area contributed by atoms with Crippen molar-refractivity contribution in [2.45, 2.75) is 32.0 Å². The highest BCUT2D eigenvalue weighted by molar-refractivity contribution is 5.47. The van der Waals surface area contributed by atoms with Crippen LogP contribution < -0.4 is 5.73 Å². The highest BCUT2D eigenvalue weighted by Crippen LogP contribution is 2.22. The van der Waals surface area contributed by atoms with Gasteiger partial charge in [-0.05, 0) is 30.9 Å². The Balaban J connectivity index is 1.79. The molecule has 0 aliphatic carbocycles. The Morgan fingerprint density at radius 2 is 2.26 bits per heavy atom. The lowest BCUT2D eigenvalue weighted by atomic mass is 10.2. The van der Waals surface area contributed by atoms with Gasteiger partial charge in [0.25, 0.3) is 0 Å². The standard InChI is InChI=1S/C13H17N5O/c14-7-10-4-5-11(15-8-10)13-16-9-18(17-13)12-3-1-2-6-19-12/h4-5,8-9,12H,1-3,6-7,14H2. The molecule has 100 valence electrons. The summed E-state index contributed by atoms with van der Waals surface area (Å²) in [4.78, 5) is 8.61. The Bertz CT molecular complexity index is 530. The lowest BCUT2D eigenvalue weighted by Gasteiger charge is -2.21. The van der Waals surface area contributed by atoms with E-state index in [1.165, 1.54) is 6.42 Å². The molecule has 2 aromatic rings. The molecular formula is C13H17N5O. The van der Waals surface area contributed by atoms with Crippen molar-refractivity contribution < 1.29 is 4.74 Å². The molecule has 2 aromatic heterocycles. The maximum absolute atomic E-state index is 5.67. The van der Waals surface area contributed by atoms with Gasteiger partial charge in [0.05, 0.1) is 0 Å². The number of rotatable bonds is 3. The van der Waals surface area contributed by atoms with Crippen molar-refractivity contribution in [2.75, 3.05) is 6.61 Å². The summed E-state index contributed by atoms with van der Waals surface area (Å²) in [5.74, 6) is 0.623. The molecule has 19 heavy (non-hydrogen) atoms. The van der Waals surface area contributed by atoms with Gasteiger partial charge in [0.1, 0.15) is 12.0 Å². The van der Waals surface area contributed by atoms with Gasteiger partial charge in [0.15, 0.2) is 12.1 Å². The second kappa shape index (κ2) is 5.46. The lowest BCUT2D eigenvalue weighted by molar-refractivity contribution is -0.0395. The molecule has 1 fully saturated rings. The van der Waals surface area contributed by atoms with Gasteiger partial charge in [0.2, 0.25) is 0 Å². The van der Waals surface area contributed by atoms with Crippen LogP contribution in [0.25, 0.3) is 11.5 Å². The van der Waals surface area contributed by atoms with Gasteiger partial charge in [-0.3, -0.25) is 4.98 Å². The molecule has 1 unspecified atom stereocenters. The van der Waals surface area contributed by atoms with Crippen LogP contribution in [0.1, 0.15) is 31.1 Å². The van der Waals surface area contributed by atoms with Crippen LogP contribution in [0.5, 0.6) is 0 Å². The zero-order valence-electron chi connectivity index (χ0n) is 10.7. The summed E-state index contributed by atoms with van der Waals surface area (Å²) in [5.41, 5.74) is 7.30. The number of hydrogen-bond donors (Lipinski definition) is 1. The molecular weight excluding hydrogens is 242 g/mol. The molecule has 0 spiro atoms. The third-order valence-electron chi connectivity index (χ3n) is 3.25. The number of pyridine rings is 1. The zero-order valence-corrected chi connectivity index (χ0v) is 10.7. The van der Waals surface area contributed by atoms with Gasteiger partial charge < -0.3 is 10.5 Å². The molecule has 0 bridgehead atoms. The number of aromatic nitrogens is 4. The predicted molar refractivity (Wildman–Crippen MR) is 70.0 cm³/mol. The van der Waals surface area contributed by atoms with Crippen LogP contribution in [0.3, 0.4) is 0 Å². The summed E-state index contributed by atoms with van der Waals surface area (Å²) >= 11 is 0. The summed E-state index contributed by atoms with van der Waals surface area (Å²) in [6.07, 6.45) is 6.77. The highest BCUT2D eigenvalue weighted by atomic mass is 16.5. The highest BCUT2D eigenvalue weighted by Gasteiger charge is 2.17. The van der Waals surface area contributed by atoms with Crippen LogP contribution in [0, 0.1) is 0 Å². The van der Waals surface area contributed by atoms with E-state index >= 15 is 0 Å². The Morgan fingerprint density at radius 1 is 1.32 bits per heavy atom. The summed E-state index contributed by atoms with van der Waals surface area (Å²) in [6.45, 7) is 1.29. The minimum atomic E-state index is 0.0123. The fourth-order valence-electron chi connectivity index (χ4n) is 2.14. The van der Waals surface area contributed by atoms with E-state index in [0.29, 0.717) is 12.4 Å². The Kier molecular flexibility index (Phi) is 3.52. The van der Waals surface area contributed by atoms with Crippen molar-refractivity contribution in [3.8, 4) is 11.5 Å². The molecule has 3 rings (SSSR count). The Morgan fingerprint density at radius 3 is 2.95 bits per heavy atom. The van der Waals surface area contributed by atoms with E-state index in [2.05, 4.69) is 15.1 Å². The number of nitrogens with two attached hydrogens (primary N) is 1. The van der Waals surface area contributed by atoms with Crippen LogP contribution in [-0.4, -0.2) is 26.4 Å². The van der Waals surface area contributed by atoms with E-state index in [9.17, 15) is 0 Å². The zero-order chi connectivity index (χ0) is 13.1. The second-order valence-corrected chi connectivity index (χ2v) is 4.63. The van der Waals surface area contributed by atoms with E-state index in [-0.39, 0.29) is 6.23 Å². The Labute approximate surface area is 111 Å². The van der Waals surface area contributed by atoms with Gasteiger partial charge in [-0.2, -0.15) is 0 Å². The van der Waals surface area contributed by atoms with Crippen molar-refractivity contribution in [1.82, 2.24) is 19.7 Å².